The molecular weight excluding hydrogens is 204 g/mol. The summed E-state index contributed by atoms with van der Waals surface area (Å²) in [6.45, 7) is 2.46. The predicted molar refractivity (Wildman–Crippen MR) is 61.0 cm³/mol. The zero-order chi connectivity index (χ0) is 11.2. The van der Waals surface area contributed by atoms with Crippen LogP contribution in [-0.2, 0) is 4.79 Å². The standard InChI is InChI=1S/C11H16N4O/c16-11(15-7-1-2-8-15)3-4-13-10-9-12-5-6-14-10/h5-6,9H,1-4,7-8H2,(H,13,14). The van der Waals surface area contributed by atoms with Crippen molar-refractivity contribution < 1.29 is 4.79 Å². The monoisotopic (exact) mass is 220 g/mol. The molecule has 2 rings (SSSR count). The average molecular weight is 220 g/mol. The lowest BCUT2D eigenvalue weighted by molar-refractivity contribution is -0.129. The first-order valence-electron chi connectivity index (χ1n) is 5.64. The van der Waals surface area contributed by atoms with Gasteiger partial charge in [-0.25, -0.2) is 4.98 Å². The van der Waals surface area contributed by atoms with Crippen LogP contribution in [0.4, 0.5) is 5.82 Å². The quantitative estimate of drug-likeness (QED) is 0.819. The second-order valence-corrected chi connectivity index (χ2v) is 3.86. The summed E-state index contributed by atoms with van der Waals surface area (Å²) in [5, 5.41) is 3.08. The lowest BCUT2D eigenvalue weighted by Crippen LogP contribution is -2.29. The van der Waals surface area contributed by atoms with Crippen molar-refractivity contribution in [2.24, 2.45) is 0 Å². The molecule has 1 N–H and O–H groups in total. The molecule has 0 unspecified atom stereocenters. The van der Waals surface area contributed by atoms with Gasteiger partial charge >= 0.3 is 0 Å². The summed E-state index contributed by atoms with van der Waals surface area (Å²) in [6.07, 6.45) is 7.72. The SMILES string of the molecule is O=C(CCNc1cnccn1)N1CCCC1. The van der Waals surface area contributed by atoms with Crippen LogP contribution in [0.3, 0.4) is 0 Å². The zero-order valence-electron chi connectivity index (χ0n) is 9.22. The van der Waals surface area contributed by atoms with E-state index in [0.717, 1.165) is 31.7 Å². The number of hydrogen-bond acceptors (Lipinski definition) is 4. The van der Waals surface area contributed by atoms with Crippen molar-refractivity contribution >= 4 is 11.7 Å². The summed E-state index contributed by atoms with van der Waals surface area (Å²) in [5.41, 5.74) is 0. The number of hydrogen-bond donors (Lipinski definition) is 1. The van der Waals surface area contributed by atoms with Crippen LogP contribution in [0.15, 0.2) is 18.6 Å². The first-order valence-corrected chi connectivity index (χ1v) is 5.64. The largest absolute Gasteiger partial charge is 0.368 e. The maximum atomic E-state index is 11.7. The Kier molecular flexibility index (Phi) is 3.69. The Hall–Kier alpha value is -1.65. The van der Waals surface area contributed by atoms with Crippen LogP contribution in [-0.4, -0.2) is 40.4 Å². The number of nitrogens with one attached hydrogen (secondary N) is 1. The summed E-state index contributed by atoms with van der Waals surface area (Å²) in [7, 11) is 0. The predicted octanol–water partition coefficient (Wildman–Crippen LogP) is 0.901. The molecule has 1 saturated heterocycles. The number of rotatable bonds is 4. The molecular formula is C11H16N4O. The number of anilines is 1. The van der Waals surface area contributed by atoms with Gasteiger partial charge < -0.3 is 10.2 Å². The van der Waals surface area contributed by atoms with E-state index in [1.165, 1.54) is 0 Å². The Morgan fingerprint density at radius 1 is 1.38 bits per heavy atom. The van der Waals surface area contributed by atoms with Crippen LogP contribution in [0.25, 0.3) is 0 Å². The van der Waals surface area contributed by atoms with E-state index in [0.29, 0.717) is 13.0 Å². The van der Waals surface area contributed by atoms with E-state index in [2.05, 4.69) is 15.3 Å². The van der Waals surface area contributed by atoms with Crippen molar-refractivity contribution in [1.29, 1.82) is 0 Å². The van der Waals surface area contributed by atoms with Crippen molar-refractivity contribution in [3.8, 4) is 0 Å². The molecule has 0 atom stereocenters. The molecule has 1 amide bonds. The van der Waals surface area contributed by atoms with Gasteiger partial charge in [0.25, 0.3) is 0 Å². The minimum absolute atomic E-state index is 0.230. The highest BCUT2D eigenvalue weighted by atomic mass is 16.2. The van der Waals surface area contributed by atoms with Crippen LogP contribution in [0.1, 0.15) is 19.3 Å². The molecule has 0 bridgehead atoms. The van der Waals surface area contributed by atoms with Crippen molar-refractivity contribution in [2.75, 3.05) is 25.0 Å². The number of carbonyl (C=O) groups is 1. The summed E-state index contributed by atoms with van der Waals surface area (Å²) in [5.74, 6) is 0.950. The molecule has 2 heterocycles. The fourth-order valence-corrected chi connectivity index (χ4v) is 1.81. The molecule has 5 nitrogen and oxygen atoms in total. The molecule has 1 aliphatic heterocycles. The van der Waals surface area contributed by atoms with E-state index in [9.17, 15) is 4.79 Å². The van der Waals surface area contributed by atoms with Gasteiger partial charge in [0.05, 0.1) is 6.20 Å². The first kappa shape index (κ1) is 10.9. The third-order valence-corrected chi connectivity index (χ3v) is 2.67. The van der Waals surface area contributed by atoms with Gasteiger partial charge in [0.15, 0.2) is 0 Å². The number of amides is 1. The summed E-state index contributed by atoms with van der Waals surface area (Å²) >= 11 is 0. The van der Waals surface area contributed by atoms with E-state index in [4.69, 9.17) is 0 Å². The Balaban J connectivity index is 1.70. The molecule has 1 fully saturated rings. The maximum absolute atomic E-state index is 11.7. The molecule has 0 saturated carbocycles. The lowest BCUT2D eigenvalue weighted by atomic mass is 10.3. The normalized spacial score (nSPS) is 15.1. The fraction of sp³-hybridized carbons (Fsp3) is 0.545. The summed E-state index contributed by atoms with van der Waals surface area (Å²) in [6, 6.07) is 0. The second-order valence-electron chi connectivity index (χ2n) is 3.86. The molecule has 0 radical (unpaired) electrons. The zero-order valence-corrected chi connectivity index (χ0v) is 9.22. The number of likely N-dealkylation sites (tertiary alicyclic amines) is 1. The topological polar surface area (TPSA) is 58.1 Å². The molecule has 0 aliphatic carbocycles. The van der Waals surface area contributed by atoms with Gasteiger partial charge in [-0.15, -0.1) is 0 Å². The van der Waals surface area contributed by atoms with E-state index in [1.807, 2.05) is 4.90 Å². The van der Waals surface area contributed by atoms with E-state index >= 15 is 0 Å². The molecule has 1 aromatic rings. The Bertz CT molecular complexity index is 335. The maximum Gasteiger partial charge on any atom is 0.224 e. The molecule has 0 spiro atoms. The van der Waals surface area contributed by atoms with E-state index in [1.54, 1.807) is 18.6 Å². The van der Waals surface area contributed by atoms with Crippen molar-refractivity contribution in [1.82, 2.24) is 14.9 Å². The van der Waals surface area contributed by atoms with Crippen LogP contribution in [0.2, 0.25) is 0 Å². The third-order valence-electron chi connectivity index (χ3n) is 2.67. The molecule has 1 aromatic heterocycles. The average Bonchev–Trinajstić information content (AvgIpc) is 2.84. The van der Waals surface area contributed by atoms with Crippen molar-refractivity contribution in [3.63, 3.8) is 0 Å². The van der Waals surface area contributed by atoms with Crippen molar-refractivity contribution in [3.05, 3.63) is 18.6 Å². The highest BCUT2D eigenvalue weighted by Crippen LogP contribution is 2.08. The molecule has 16 heavy (non-hydrogen) atoms. The third kappa shape index (κ3) is 2.92. The van der Waals surface area contributed by atoms with Gasteiger partial charge in [-0.3, -0.25) is 9.78 Å². The Morgan fingerprint density at radius 2 is 2.19 bits per heavy atom. The van der Waals surface area contributed by atoms with Gasteiger partial charge in [0.2, 0.25) is 5.91 Å². The van der Waals surface area contributed by atoms with Gasteiger partial charge in [-0.05, 0) is 12.8 Å². The minimum atomic E-state index is 0.230. The second kappa shape index (κ2) is 5.44. The molecule has 5 heteroatoms. The Morgan fingerprint density at radius 3 is 2.88 bits per heavy atom. The molecule has 86 valence electrons. The minimum Gasteiger partial charge on any atom is -0.368 e. The Labute approximate surface area is 94.9 Å². The van der Waals surface area contributed by atoms with Crippen LogP contribution >= 0.6 is 0 Å². The fourth-order valence-electron chi connectivity index (χ4n) is 1.81. The van der Waals surface area contributed by atoms with Crippen molar-refractivity contribution in [2.45, 2.75) is 19.3 Å². The molecule has 0 aromatic carbocycles. The molecule has 1 aliphatic rings. The van der Waals surface area contributed by atoms with Gasteiger partial charge in [0, 0.05) is 38.4 Å². The highest BCUT2D eigenvalue weighted by molar-refractivity contribution is 5.76. The van der Waals surface area contributed by atoms with E-state index in [-0.39, 0.29) is 5.91 Å². The van der Waals surface area contributed by atoms with Gasteiger partial charge in [-0.1, -0.05) is 0 Å². The van der Waals surface area contributed by atoms with Crippen LogP contribution in [0.5, 0.6) is 0 Å². The first-order chi connectivity index (χ1) is 7.86. The van der Waals surface area contributed by atoms with Gasteiger partial charge in [-0.2, -0.15) is 0 Å². The lowest BCUT2D eigenvalue weighted by Gasteiger charge is -2.15. The highest BCUT2D eigenvalue weighted by Gasteiger charge is 2.16. The van der Waals surface area contributed by atoms with Crippen LogP contribution < -0.4 is 5.32 Å². The smallest absolute Gasteiger partial charge is 0.224 e. The number of nitrogens with zero attached hydrogens (tertiary/aromatic N) is 3. The summed E-state index contributed by atoms with van der Waals surface area (Å²) < 4.78 is 0. The number of aromatic nitrogens is 2. The van der Waals surface area contributed by atoms with E-state index < -0.39 is 0 Å². The number of carbonyl (C=O) groups excluding carboxylic acids is 1. The van der Waals surface area contributed by atoms with Crippen LogP contribution in [0, 0.1) is 0 Å². The summed E-state index contributed by atoms with van der Waals surface area (Å²) in [4.78, 5) is 21.6. The van der Waals surface area contributed by atoms with Gasteiger partial charge in [0.1, 0.15) is 5.82 Å².